The van der Waals surface area contributed by atoms with Crippen LogP contribution in [0.25, 0.3) is 5.52 Å². The molecule has 1 saturated heterocycles. The van der Waals surface area contributed by atoms with Crippen LogP contribution in [0.1, 0.15) is 28.3 Å². The number of aromatic nitrogens is 2. The van der Waals surface area contributed by atoms with Gasteiger partial charge in [-0.15, -0.1) is 0 Å². The van der Waals surface area contributed by atoms with Crippen molar-refractivity contribution in [3.63, 3.8) is 0 Å². The Morgan fingerprint density at radius 3 is 3.16 bits per heavy atom. The minimum absolute atomic E-state index is 0.166. The van der Waals surface area contributed by atoms with E-state index in [4.69, 9.17) is 0 Å². The van der Waals surface area contributed by atoms with Gasteiger partial charge in [-0.1, -0.05) is 6.07 Å². The number of hydrogen-bond donors (Lipinski definition) is 2. The third-order valence-corrected chi connectivity index (χ3v) is 3.78. The van der Waals surface area contributed by atoms with Gasteiger partial charge in [0.05, 0.1) is 5.52 Å². The minimum atomic E-state index is -0.956. The molecule has 2 N–H and O–H groups in total. The molecule has 0 bridgehead atoms. The van der Waals surface area contributed by atoms with Crippen LogP contribution in [0, 0.1) is 12.8 Å². The van der Waals surface area contributed by atoms with E-state index < -0.39 is 5.97 Å². The lowest BCUT2D eigenvalue weighted by Gasteiger charge is -2.07. The van der Waals surface area contributed by atoms with Gasteiger partial charge in [0, 0.05) is 12.6 Å². The van der Waals surface area contributed by atoms with Crippen molar-refractivity contribution in [3.8, 4) is 0 Å². The first-order chi connectivity index (χ1) is 9.16. The fourth-order valence-electron chi connectivity index (χ4n) is 2.81. The summed E-state index contributed by atoms with van der Waals surface area (Å²) in [5.74, 6) is 0.445. The lowest BCUT2D eigenvalue weighted by atomic mass is 10.0. The Balaban J connectivity index is 2.09. The highest BCUT2D eigenvalue weighted by Crippen LogP contribution is 2.21. The number of carbonyl (C=O) groups is 1. The van der Waals surface area contributed by atoms with Crippen LogP contribution in [-0.2, 0) is 6.42 Å². The lowest BCUT2D eigenvalue weighted by molar-refractivity contribution is 0.0693. The first kappa shape index (κ1) is 12.2. The van der Waals surface area contributed by atoms with E-state index in [9.17, 15) is 9.90 Å². The van der Waals surface area contributed by atoms with E-state index >= 15 is 0 Å². The van der Waals surface area contributed by atoms with Crippen LogP contribution in [0.2, 0.25) is 0 Å². The van der Waals surface area contributed by atoms with Crippen LogP contribution in [-0.4, -0.2) is 33.6 Å². The van der Waals surface area contributed by atoms with Gasteiger partial charge in [0.1, 0.15) is 5.82 Å². The maximum atomic E-state index is 11.3. The number of pyridine rings is 1. The van der Waals surface area contributed by atoms with Crippen LogP contribution in [0.5, 0.6) is 0 Å². The van der Waals surface area contributed by atoms with Crippen molar-refractivity contribution in [2.45, 2.75) is 19.8 Å². The molecule has 1 aliphatic rings. The third-order valence-electron chi connectivity index (χ3n) is 3.78. The van der Waals surface area contributed by atoms with Gasteiger partial charge in [0.25, 0.3) is 0 Å². The Morgan fingerprint density at radius 2 is 2.47 bits per heavy atom. The van der Waals surface area contributed by atoms with Gasteiger partial charge >= 0.3 is 5.97 Å². The molecule has 5 nitrogen and oxygen atoms in total. The number of imidazole rings is 1. The topological polar surface area (TPSA) is 66.6 Å². The Bertz CT molecular complexity index is 627. The Morgan fingerprint density at radius 1 is 1.63 bits per heavy atom. The number of nitrogens with one attached hydrogen (secondary N) is 1. The quantitative estimate of drug-likeness (QED) is 0.876. The number of carboxylic acids is 1. The van der Waals surface area contributed by atoms with Gasteiger partial charge in [-0.3, -0.25) is 0 Å². The number of aromatic carboxylic acids is 1. The van der Waals surface area contributed by atoms with E-state index in [0.29, 0.717) is 5.92 Å². The molecule has 0 radical (unpaired) electrons. The fourth-order valence-corrected chi connectivity index (χ4v) is 2.81. The second kappa shape index (κ2) is 4.66. The van der Waals surface area contributed by atoms with Gasteiger partial charge in [0.2, 0.25) is 0 Å². The molecule has 0 aromatic carbocycles. The summed E-state index contributed by atoms with van der Waals surface area (Å²) in [5.41, 5.74) is 1.83. The van der Waals surface area contributed by atoms with Crippen LogP contribution in [0.3, 0.4) is 0 Å². The second-order valence-corrected chi connectivity index (χ2v) is 5.15. The number of hydrogen-bond acceptors (Lipinski definition) is 3. The zero-order valence-corrected chi connectivity index (χ0v) is 10.9. The molecule has 0 amide bonds. The first-order valence-electron chi connectivity index (χ1n) is 6.57. The van der Waals surface area contributed by atoms with Crippen molar-refractivity contribution < 1.29 is 9.90 Å². The number of nitrogens with zero attached hydrogens (tertiary/aromatic N) is 2. The lowest BCUT2D eigenvalue weighted by Crippen LogP contribution is -2.12. The van der Waals surface area contributed by atoms with Crippen molar-refractivity contribution in [2.24, 2.45) is 5.92 Å². The maximum absolute atomic E-state index is 11.3. The summed E-state index contributed by atoms with van der Waals surface area (Å²) < 4.78 is 1.93. The van der Waals surface area contributed by atoms with Crippen molar-refractivity contribution in [1.29, 1.82) is 0 Å². The zero-order valence-electron chi connectivity index (χ0n) is 10.9. The summed E-state index contributed by atoms with van der Waals surface area (Å²) in [6, 6.07) is 3.86. The molecule has 19 heavy (non-hydrogen) atoms. The SMILES string of the molecule is Cc1cccn2c(CC3CCNC3)nc(C(=O)O)c12. The molecule has 5 heteroatoms. The maximum Gasteiger partial charge on any atom is 0.356 e. The number of aryl methyl sites for hydroxylation is 1. The molecule has 1 aliphatic heterocycles. The van der Waals surface area contributed by atoms with Crippen molar-refractivity contribution in [3.05, 3.63) is 35.4 Å². The van der Waals surface area contributed by atoms with E-state index in [1.54, 1.807) is 0 Å². The van der Waals surface area contributed by atoms with Crippen molar-refractivity contribution >= 4 is 11.5 Å². The standard InChI is InChI=1S/C14H17N3O2/c1-9-3-2-6-17-11(7-10-4-5-15-8-10)16-12(13(9)17)14(18)19/h2-3,6,10,15H,4-5,7-8H2,1H3,(H,18,19). The van der Waals surface area contributed by atoms with Crippen LogP contribution >= 0.6 is 0 Å². The molecular weight excluding hydrogens is 242 g/mol. The summed E-state index contributed by atoms with van der Waals surface area (Å²) in [6.07, 6.45) is 3.85. The van der Waals surface area contributed by atoms with Crippen LogP contribution in [0.15, 0.2) is 18.3 Å². The highest BCUT2D eigenvalue weighted by Gasteiger charge is 2.22. The second-order valence-electron chi connectivity index (χ2n) is 5.15. The number of fused-ring (bicyclic) bond motifs is 1. The van der Waals surface area contributed by atoms with E-state index in [1.807, 2.05) is 29.7 Å². The molecule has 0 aliphatic carbocycles. The van der Waals surface area contributed by atoms with Crippen molar-refractivity contribution in [1.82, 2.24) is 14.7 Å². The van der Waals surface area contributed by atoms with E-state index in [-0.39, 0.29) is 5.69 Å². The molecule has 2 aromatic rings. The summed E-state index contributed by atoms with van der Waals surface area (Å²) in [4.78, 5) is 15.7. The average Bonchev–Trinajstić information content (AvgIpc) is 2.99. The van der Waals surface area contributed by atoms with Crippen LogP contribution < -0.4 is 5.32 Å². The number of carboxylic acid groups (broad SMARTS) is 1. The van der Waals surface area contributed by atoms with E-state index in [2.05, 4.69) is 10.3 Å². The Hall–Kier alpha value is -1.88. The van der Waals surface area contributed by atoms with Gasteiger partial charge in [-0.05, 0) is 44.0 Å². The predicted molar refractivity (Wildman–Crippen MR) is 71.6 cm³/mol. The molecule has 1 atom stereocenters. The smallest absolute Gasteiger partial charge is 0.356 e. The fraction of sp³-hybridized carbons (Fsp3) is 0.429. The van der Waals surface area contributed by atoms with Gasteiger partial charge < -0.3 is 14.8 Å². The number of rotatable bonds is 3. The third kappa shape index (κ3) is 2.10. The largest absolute Gasteiger partial charge is 0.476 e. The minimum Gasteiger partial charge on any atom is -0.476 e. The van der Waals surface area contributed by atoms with Gasteiger partial charge in [-0.25, -0.2) is 9.78 Å². The molecule has 3 rings (SSSR count). The van der Waals surface area contributed by atoms with E-state index in [1.165, 1.54) is 0 Å². The predicted octanol–water partition coefficient (Wildman–Crippen LogP) is 1.49. The summed E-state index contributed by atoms with van der Waals surface area (Å²) in [7, 11) is 0. The molecule has 0 spiro atoms. The van der Waals surface area contributed by atoms with E-state index in [0.717, 1.165) is 42.8 Å². The highest BCUT2D eigenvalue weighted by molar-refractivity contribution is 5.94. The molecule has 3 heterocycles. The highest BCUT2D eigenvalue weighted by atomic mass is 16.4. The first-order valence-corrected chi connectivity index (χ1v) is 6.57. The summed E-state index contributed by atoms with van der Waals surface area (Å²) in [6.45, 7) is 3.95. The Labute approximate surface area is 111 Å². The molecule has 1 unspecified atom stereocenters. The summed E-state index contributed by atoms with van der Waals surface area (Å²) >= 11 is 0. The van der Waals surface area contributed by atoms with Crippen LogP contribution in [0.4, 0.5) is 0 Å². The average molecular weight is 259 g/mol. The van der Waals surface area contributed by atoms with Crippen molar-refractivity contribution in [2.75, 3.05) is 13.1 Å². The molecule has 2 aromatic heterocycles. The molecule has 1 fully saturated rings. The monoisotopic (exact) mass is 259 g/mol. The summed E-state index contributed by atoms with van der Waals surface area (Å²) in [5, 5.41) is 12.6. The molecular formula is C14H17N3O2. The zero-order chi connectivity index (χ0) is 13.4. The van der Waals surface area contributed by atoms with Gasteiger partial charge in [0.15, 0.2) is 5.69 Å². The molecule has 100 valence electrons. The molecule has 0 saturated carbocycles. The van der Waals surface area contributed by atoms with Gasteiger partial charge in [-0.2, -0.15) is 0 Å². The normalized spacial score (nSPS) is 19.1. The Kier molecular flexibility index (Phi) is 2.98.